The average molecular weight is 309 g/mol. The van der Waals surface area contributed by atoms with Crippen molar-refractivity contribution in [3.8, 4) is 5.69 Å². The van der Waals surface area contributed by atoms with Crippen molar-refractivity contribution in [3.05, 3.63) is 35.5 Å². The van der Waals surface area contributed by atoms with Crippen LogP contribution in [-0.2, 0) is 16.3 Å². The number of aromatic carboxylic acids is 1. The molecule has 1 aromatic heterocycles. The van der Waals surface area contributed by atoms with Gasteiger partial charge in [0.1, 0.15) is 11.4 Å². The van der Waals surface area contributed by atoms with E-state index < -0.39 is 15.8 Å². The van der Waals surface area contributed by atoms with Crippen LogP contribution in [0.5, 0.6) is 0 Å². The van der Waals surface area contributed by atoms with Crippen molar-refractivity contribution < 1.29 is 18.3 Å². The summed E-state index contributed by atoms with van der Waals surface area (Å²) in [6.07, 6.45) is 1.54. The number of aromatic nitrogens is 2. The maximum atomic E-state index is 11.4. The molecule has 0 saturated heterocycles. The van der Waals surface area contributed by atoms with Crippen LogP contribution in [0.25, 0.3) is 5.69 Å². The second-order valence-electron chi connectivity index (χ2n) is 4.54. The van der Waals surface area contributed by atoms with E-state index in [9.17, 15) is 18.3 Å². The fourth-order valence-corrected chi connectivity index (χ4v) is 2.62. The van der Waals surface area contributed by atoms with Crippen LogP contribution >= 0.6 is 0 Å². The van der Waals surface area contributed by atoms with E-state index in [0.29, 0.717) is 17.8 Å². The largest absolute Gasteiger partial charge is 0.477 e. The highest BCUT2D eigenvalue weighted by Crippen LogP contribution is 2.22. The molecule has 0 aliphatic heterocycles. The highest BCUT2D eigenvalue weighted by atomic mass is 32.2. The lowest BCUT2D eigenvalue weighted by molar-refractivity contribution is 0.0697. The van der Waals surface area contributed by atoms with E-state index >= 15 is 0 Å². The molecule has 0 aliphatic rings. The molecular formula is C13H15N3O4S. The SMILES string of the molecule is CCc1nn(-c2ccc(S(C)(=O)=O)cc2)c(N)c1C(=O)O. The number of aryl methyl sites for hydroxylation is 1. The molecule has 0 radical (unpaired) electrons. The third kappa shape index (κ3) is 2.75. The van der Waals surface area contributed by atoms with Crippen LogP contribution in [0, 0.1) is 0 Å². The van der Waals surface area contributed by atoms with E-state index in [1.807, 2.05) is 0 Å². The molecule has 0 saturated carbocycles. The molecule has 1 heterocycles. The predicted molar refractivity (Wildman–Crippen MR) is 77.4 cm³/mol. The van der Waals surface area contributed by atoms with Gasteiger partial charge in [0.15, 0.2) is 9.84 Å². The van der Waals surface area contributed by atoms with Crippen LogP contribution in [0.15, 0.2) is 29.2 Å². The first-order chi connectivity index (χ1) is 9.75. The number of nitrogens with zero attached hydrogens (tertiary/aromatic N) is 2. The number of hydrogen-bond donors (Lipinski definition) is 2. The van der Waals surface area contributed by atoms with E-state index in [-0.39, 0.29) is 16.3 Å². The Bertz CT molecular complexity index is 792. The summed E-state index contributed by atoms with van der Waals surface area (Å²) in [5.74, 6) is -1.12. The van der Waals surface area contributed by atoms with E-state index in [2.05, 4.69) is 5.10 Å². The van der Waals surface area contributed by atoms with Gasteiger partial charge in [-0.05, 0) is 30.7 Å². The average Bonchev–Trinajstić information content (AvgIpc) is 2.75. The second kappa shape index (κ2) is 5.21. The number of carboxylic acids is 1. The van der Waals surface area contributed by atoms with E-state index in [1.165, 1.54) is 28.9 Å². The molecule has 0 amide bonds. The Kier molecular flexibility index (Phi) is 3.73. The molecule has 112 valence electrons. The third-order valence-electron chi connectivity index (χ3n) is 3.05. The summed E-state index contributed by atoms with van der Waals surface area (Å²) in [6.45, 7) is 1.78. The first-order valence-electron chi connectivity index (χ1n) is 6.16. The molecule has 0 bridgehead atoms. The van der Waals surface area contributed by atoms with Crippen molar-refractivity contribution in [2.75, 3.05) is 12.0 Å². The number of carboxylic acid groups (broad SMARTS) is 1. The summed E-state index contributed by atoms with van der Waals surface area (Å²) in [6, 6.07) is 5.92. The summed E-state index contributed by atoms with van der Waals surface area (Å²) in [5.41, 5.74) is 6.70. The van der Waals surface area contributed by atoms with Crippen molar-refractivity contribution in [3.63, 3.8) is 0 Å². The highest BCUT2D eigenvalue weighted by molar-refractivity contribution is 7.90. The summed E-state index contributed by atoms with van der Waals surface area (Å²) >= 11 is 0. The Morgan fingerprint density at radius 3 is 2.29 bits per heavy atom. The molecular weight excluding hydrogens is 294 g/mol. The molecule has 2 aromatic rings. The van der Waals surface area contributed by atoms with Gasteiger partial charge < -0.3 is 10.8 Å². The predicted octanol–water partition coefficient (Wildman–Crippen LogP) is 1.12. The van der Waals surface area contributed by atoms with Crippen molar-refractivity contribution in [1.82, 2.24) is 9.78 Å². The first kappa shape index (κ1) is 15.0. The fourth-order valence-electron chi connectivity index (χ4n) is 1.99. The molecule has 2 rings (SSSR count). The molecule has 1 aromatic carbocycles. The summed E-state index contributed by atoms with van der Waals surface area (Å²) in [4.78, 5) is 11.4. The zero-order valence-corrected chi connectivity index (χ0v) is 12.4. The summed E-state index contributed by atoms with van der Waals surface area (Å²) < 4.78 is 24.1. The van der Waals surface area contributed by atoms with Gasteiger partial charge >= 0.3 is 5.97 Å². The van der Waals surface area contributed by atoms with Crippen LogP contribution in [0.4, 0.5) is 5.82 Å². The van der Waals surface area contributed by atoms with Gasteiger partial charge in [-0.25, -0.2) is 17.9 Å². The molecule has 3 N–H and O–H groups in total. The second-order valence-corrected chi connectivity index (χ2v) is 6.56. The van der Waals surface area contributed by atoms with Gasteiger partial charge in [-0.3, -0.25) is 0 Å². The monoisotopic (exact) mass is 309 g/mol. The van der Waals surface area contributed by atoms with Crippen LogP contribution < -0.4 is 5.73 Å². The molecule has 0 atom stereocenters. The number of anilines is 1. The van der Waals surface area contributed by atoms with Gasteiger partial charge in [0.25, 0.3) is 0 Å². The Morgan fingerprint density at radius 1 is 1.33 bits per heavy atom. The van der Waals surface area contributed by atoms with Crippen LogP contribution in [-0.4, -0.2) is 35.5 Å². The van der Waals surface area contributed by atoms with Gasteiger partial charge in [0.05, 0.1) is 16.3 Å². The number of rotatable bonds is 4. The molecule has 21 heavy (non-hydrogen) atoms. The van der Waals surface area contributed by atoms with E-state index in [0.717, 1.165) is 6.26 Å². The lowest BCUT2D eigenvalue weighted by Crippen LogP contribution is -2.06. The van der Waals surface area contributed by atoms with Gasteiger partial charge in [0.2, 0.25) is 0 Å². The zero-order valence-electron chi connectivity index (χ0n) is 11.6. The topological polar surface area (TPSA) is 115 Å². The minimum absolute atomic E-state index is 0.0199. The number of hydrogen-bond acceptors (Lipinski definition) is 5. The molecule has 0 fully saturated rings. The van der Waals surface area contributed by atoms with Gasteiger partial charge in [-0.15, -0.1) is 0 Å². The summed E-state index contributed by atoms with van der Waals surface area (Å²) in [5, 5.41) is 13.3. The Balaban J connectivity index is 2.55. The fraction of sp³-hybridized carbons (Fsp3) is 0.231. The minimum Gasteiger partial charge on any atom is -0.477 e. The molecule has 0 spiro atoms. The third-order valence-corrected chi connectivity index (χ3v) is 4.18. The normalized spacial score (nSPS) is 11.5. The number of nitrogens with two attached hydrogens (primary N) is 1. The first-order valence-corrected chi connectivity index (χ1v) is 8.06. The molecule has 0 aliphatic carbocycles. The maximum absolute atomic E-state index is 11.4. The van der Waals surface area contributed by atoms with Gasteiger partial charge in [-0.2, -0.15) is 5.10 Å². The minimum atomic E-state index is -3.29. The van der Waals surface area contributed by atoms with Crippen molar-refractivity contribution in [1.29, 1.82) is 0 Å². The zero-order chi connectivity index (χ0) is 15.8. The molecule has 8 heteroatoms. The number of nitrogen functional groups attached to an aromatic ring is 1. The van der Waals surface area contributed by atoms with Crippen molar-refractivity contribution in [2.45, 2.75) is 18.2 Å². The number of benzene rings is 1. The van der Waals surface area contributed by atoms with E-state index in [1.54, 1.807) is 6.92 Å². The smallest absolute Gasteiger partial charge is 0.341 e. The Morgan fingerprint density at radius 2 is 1.90 bits per heavy atom. The lowest BCUT2D eigenvalue weighted by atomic mass is 10.2. The van der Waals surface area contributed by atoms with Gasteiger partial charge in [-0.1, -0.05) is 6.92 Å². The quantitative estimate of drug-likeness (QED) is 0.874. The van der Waals surface area contributed by atoms with Crippen LogP contribution in [0.3, 0.4) is 0 Å². The Hall–Kier alpha value is -2.35. The van der Waals surface area contributed by atoms with E-state index in [4.69, 9.17) is 5.73 Å². The van der Waals surface area contributed by atoms with Gasteiger partial charge in [0, 0.05) is 6.26 Å². The maximum Gasteiger partial charge on any atom is 0.341 e. The number of carbonyl (C=O) groups is 1. The highest BCUT2D eigenvalue weighted by Gasteiger charge is 2.21. The van der Waals surface area contributed by atoms with Crippen LogP contribution in [0.2, 0.25) is 0 Å². The standard InChI is InChI=1S/C13H15N3O4S/c1-3-10-11(13(17)18)12(14)16(15-10)8-4-6-9(7-5-8)21(2,19)20/h4-7H,3,14H2,1-2H3,(H,17,18). The van der Waals surface area contributed by atoms with Crippen molar-refractivity contribution in [2.24, 2.45) is 0 Å². The molecule has 0 unspecified atom stereocenters. The van der Waals surface area contributed by atoms with Crippen LogP contribution in [0.1, 0.15) is 23.0 Å². The Labute approximate surface area is 121 Å². The number of sulfone groups is 1. The molecule has 7 nitrogen and oxygen atoms in total. The van der Waals surface area contributed by atoms with Crippen molar-refractivity contribution >= 4 is 21.6 Å². The summed E-state index contributed by atoms with van der Waals surface area (Å²) in [7, 11) is -3.29. The lowest BCUT2D eigenvalue weighted by Gasteiger charge is -2.05.